The highest BCUT2D eigenvalue weighted by atomic mass is 16.5. The molecule has 2 heterocycles. The maximum Gasteiger partial charge on any atom is 0.170 e. The lowest BCUT2D eigenvalue weighted by Crippen LogP contribution is -2.46. The largest absolute Gasteiger partial charge is 0.368 e. The molecule has 2 rings (SSSR count). The van der Waals surface area contributed by atoms with Gasteiger partial charge in [-0.25, -0.2) is 9.67 Å². The van der Waals surface area contributed by atoms with Gasteiger partial charge >= 0.3 is 0 Å². The lowest BCUT2D eigenvalue weighted by Gasteiger charge is -2.31. The number of nitrogens with zero attached hydrogens (tertiary/aromatic N) is 4. The van der Waals surface area contributed by atoms with Crippen LogP contribution < -0.4 is 0 Å². The first-order valence-electron chi connectivity index (χ1n) is 7.36. The number of ether oxygens (including phenoxy) is 1. The van der Waals surface area contributed by atoms with E-state index in [9.17, 15) is 4.79 Å². The van der Waals surface area contributed by atoms with E-state index < -0.39 is 0 Å². The summed E-state index contributed by atoms with van der Waals surface area (Å²) < 4.78 is 7.41. The maximum absolute atomic E-state index is 12.4. The molecule has 1 fully saturated rings. The summed E-state index contributed by atoms with van der Waals surface area (Å²) in [5.74, 6) is 0.821. The second-order valence-corrected chi connectivity index (χ2v) is 5.52. The molecule has 0 aliphatic carbocycles. The van der Waals surface area contributed by atoms with Crippen LogP contribution in [0, 0.1) is 0 Å². The van der Waals surface area contributed by atoms with Crippen molar-refractivity contribution in [2.45, 2.75) is 45.8 Å². The molecule has 1 aromatic rings. The van der Waals surface area contributed by atoms with E-state index in [2.05, 4.69) is 21.9 Å². The van der Waals surface area contributed by atoms with Gasteiger partial charge in [0.15, 0.2) is 5.78 Å². The zero-order valence-corrected chi connectivity index (χ0v) is 12.6. The average molecular weight is 280 g/mol. The fourth-order valence-corrected chi connectivity index (χ4v) is 2.52. The van der Waals surface area contributed by atoms with Crippen molar-refractivity contribution in [2.24, 2.45) is 0 Å². The summed E-state index contributed by atoms with van der Waals surface area (Å²) in [5.41, 5.74) is 0. The first kappa shape index (κ1) is 15.1. The van der Waals surface area contributed by atoms with Gasteiger partial charge in [-0.2, -0.15) is 5.10 Å². The van der Waals surface area contributed by atoms with Crippen LogP contribution in [0.4, 0.5) is 0 Å². The Hall–Kier alpha value is -1.27. The van der Waals surface area contributed by atoms with Crippen LogP contribution >= 0.6 is 0 Å². The second kappa shape index (κ2) is 6.95. The van der Waals surface area contributed by atoms with E-state index in [1.165, 1.54) is 6.33 Å². The molecular formula is C14H24N4O2. The molecule has 1 unspecified atom stereocenters. The van der Waals surface area contributed by atoms with E-state index in [0.717, 1.165) is 25.3 Å². The molecule has 0 bridgehead atoms. The van der Waals surface area contributed by atoms with E-state index in [4.69, 9.17) is 4.74 Å². The number of Topliss-reactive ketones (excluding diaryl/α,β-unsaturated/α-hetero) is 1. The zero-order chi connectivity index (χ0) is 14.5. The summed E-state index contributed by atoms with van der Waals surface area (Å²) in [4.78, 5) is 18.8. The molecule has 0 radical (unpaired) electrons. The van der Waals surface area contributed by atoms with E-state index in [0.29, 0.717) is 19.6 Å². The standard InChI is InChI=1S/C14H24N4O2/c1-4-5-17-6-7-20-13(9-17)12(19)8-14-15-10-16-18(14)11(2)3/h10-11,13H,4-9H2,1-3H3. The Balaban J connectivity index is 1.95. The number of rotatable bonds is 6. The first-order chi connectivity index (χ1) is 9.61. The Labute approximate surface area is 120 Å². The molecule has 1 aliphatic heterocycles. The molecule has 0 N–H and O–H groups in total. The van der Waals surface area contributed by atoms with Crippen molar-refractivity contribution < 1.29 is 9.53 Å². The maximum atomic E-state index is 12.4. The summed E-state index contributed by atoms with van der Waals surface area (Å²) in [6.45, 7) is 9.48. The molecule has 20 heavy (non-hydrogen) atoms. The molecule has 1 aliphatic rings. The number of carbonyl (C=O) groups is 1. The number of carbonyl (C=O) groups excluding carboxylic acids is 1. The molecule has 6 heteroatoms. The number of hydrogen-bond acceptors (Lipinski definition) is 5. The SMILES string of the molecule is CCCN1CCOC(C(=O)Cc2ncnn2C(C)C)C1. The van der Waals surface area contributed by atoms with Crippen molar-refractivity contribution in [1.82, 2.24) is 19.7 Å². The molecular weight excluding hydrogens is 256 g/mol. The lowest BCUT2D eigenvalue weighted by atomic mass is 10.1. The molecule has 0 spiro atoms. The zero-order valence-electron chi connectivity index (χ0n) is 12.6. The van der Waals surface area contributed by atoms with Gasteiger partial charge < -0.3 is 4.74 Å². The molecule has 112 valence electrons. The third kappa shape index (κ3) is 3.64. The van der Waals surface area contributed by atoms with Crippen molar-refractivity contribution in [3.63, 3.8) is 0 Å². The summed E-state index contributed by atoms with van der Waals surface area (Å²) in [7, 11) is 0. The minimum Gasteiger partial charge on any atom is -0.368 e. The van der Waals surface area contributed by atoms with Gasteiger partial charge in [-0.15, -0.1) is 0 Å². The van der Waals surface area contributed by atoms with Crippen LogP contribution in [0.5, 0.6) is 0 Å². The fourth-order valence-electron chi connectivity index (χ4n) is 2.52. The van der Waals surface area contributed by atoms with Gasteiger partial charge in [-0.3, -0.25) is 9.69 Å². The van der Waals surface area contributed by atoms with Crippen LogP contribution in [0.25, 0.3) is 0 Å². The minimum absolute atomic E-state index is 0.0979. The highest BCUT2D eigenvalue weighted by molar-refractivity contribution is 5.85. The number of morpholine rings is 1. The van der Waals surface area contributed by atoms with Gasteiger partial charge in [0, 0.05) is 19.1 Å². The number of hydrogen-bond donors (Lipinski definition) is 0. The van der Waals surface area contributed by atoms with Crippen molar-refractivity contribution >= 4 is 5.78 Å². The molecule has 0 saturated carbocycles. The average Bonchev–Trinajstić information content (AvgIpc) is 2.88. The topological polar surface area (TPSA) is 60.2 Å². The predicted molar refractivity (Wildman–Crippen MR) is 75.6 cm³/mol. The van der Waals surface area contributed by atoms with E-state index in [-0.39, 0.29) is 17.9 Å². The van der Waals surface area contributed by atoms with Crippen LogP contribution in [-0.2, 0) is 16.0 Å². The van der Waals surface area contributed by atoms with Gasteiger partial charge in [0.25, 0.3) is 0 Å². The molecule has 0 amide bonds. The highest BCUT2D eigenvalue weighted by Crippen LogP contribution is 2.11. The Morgan fingerprint density at radius 3 is 3.05 bits per heavy atom. The normalized spacial score (nSPS) is 20.5. The number of aromatic nitrogens is 3. The van der Waals surface area contributed by atoms with Gasteiger partial charge in [-0.05, 0) is 26.8 Å². The first-order valence-corrected chi connectivity index (χ1v) is 7.36. The quantitative estimate of drug-likeness (QED) is 0.780. The van der Waals surface area contributed by atoms with Crippen LogP contribution in [0.1, 0.15) is 39.1 Å². The Kier molecular flexibility index (Phi) is 5.25. The molecule has 1 atom stereocenters. The molecule has 6 nitrogen and oxygen atoms in total. The fraction of sp³-hybridized carbons (Fsp3) is 0.786. The van der Waals surface area contributed by atoms with Crippen LogP contribution in [0.15, 0.2) is 6.33 Å². The van der Waals surface area contributed by atoms with Crippen molar-refractivity contribution in [3.8, 4) is 0 Å². The molecule has 1 aromatic heterocycles. The Bertz CT molecular complexity index is 442. The lowest BCUT2D eigenvalue weighted by molar-refractivity contribution is -0.135. The summed E-state index contributed by atoms with van der Waals surface area (Å²) in [5, 5.41) is 4.16. The van der Waals surface area contributed by atoms with E-state index in [1.54, 1.807) is 4.68 Å². The monoisotopic (exact) mass is 280 g/mol. The van der Waals surface area contributed by atoms with Gasteiger partial charge in [-0.1, -0.05) is 6.92 Å². The highest BCUT2D eigenvalue weighted by Gasteiger charge is 2.27. The predicted octanol–water partition coefficient (Wildman–Crippen LogP) is 1.08. The van der Waals surface area contributed by atoms with E-state index in [1.807, 2.05) is 13.8 Å². The van der Waals surface area contributed by atoms with Crippen molar-refractivity contribution in [3.05, 3.63) is 12.2 Å². The van der Waals surface area contributed by atoms with Crippen LogP contribution in [0.3, 0.4) is 0 Å². The molecule has 0 aromatic carbocycles. The summed E-state index contributed by atoms with van der Waals surface area (Å²) >= 11 is 0. The third-order valence-corrected chi connectivity index (χ3v) is 3.52. The summed E-state index contributed by atoms with van der Waals surface area (Å²) in [6.07, 6.45) is 2.58. The smallest absolute Gasteiger partial charge is 0.170 e. The van der Waals surface area contributed by atoms with Crippen LogP contribution in [-0.4, -0.2) is 57.8 Å². The van der Waals surface area contributed by atoms with Crippen molar-refractivity contribution in [2.75, 3.05) is 26.2 Å². The van der Waals surface area contributed by atoms with Crippen LogP contribution in [0.2, 0.25) is 0 Å². The third-order valence-electron chi connectivity index (χ3n) is 3.52. The second-order valence-electron chi connectivity index (χ2n) is 5.52. The van der Waals surface area contributed by atoms with Crippen molar-refractivity contribution in [1.29, 1.82) is 0 Å². The summed E-state index contributed by atoms with van der Waals surface area (Å²) in [6, 6.07) is 0.212. The minimum atomic E-state index is -0.326. The molecule has 1 saturated heterocycles. The van der Waals surface area contributed by atoms with E-state index >= 15 is 0 Å². The van der Waals surface area contributed by atoms with Gasteiger partial charge in [0.1, 0.15) is 18.3 Å². The number of ketones is 1. The van der Waals surface area contributed by atoms with Gasteiger partial charge in [0.05, 0.1) is 13.0 Å². The van der Waals surface area contributed by atoms with Gasteiger partial charge in [0.2, 0.25) is 0 Å². The Morgan fingerprint density at radius 1 is 1.55 bits per heavy atom. The Morgan fingerprint density at radius 2 is 2.35 bits per heavy atom.